The van der Waals surface area contributed by atoms with E-state index in [-0.39, 0.29) is 22.9 Å². The Labute approximate surface area is 250 Å². The second-order valence-corrected chi connectivity index (χ2v) is 13.9. The smallest absolute Gasteiger partial charge is 0.264 e. The Morgan fingerprint density at radius 3 is 2.14 bits per heavy atom. The fraction of sp³-hybridized carbons (Fsp3) is 0.167. The topological polar surface area (TPSA) is 122 Å². The van der Waals surface area contributed by atoms with E-state index in [1.165, 1.54) is 52.8 Å². The number of halogens is 1. The van der Waals surface area contributed by atoms with Crippen molar-refractivity contribution in [1.82, 2.24) is 0 Å². The van der Waals surface area contributed by atoms with Crippen LogP contribution in [0.3, 0.4) is 0 Å². The molecule has 0 saturated carbocycles. The molecule has 1 aliphatic heterocycles. The maximum absolute atomic E-state index is 13.2. The normalized spacial score (nSPS) is 13.0. The molecule has 5 rings (SSSR count). The molecule has 0 spiro atoms. The Bertz CT molecular complexity index is 1840. The van der Waals surface area contributed by atoms with Crippen LogP contribution in [-0.4, -0.2) is 35.9 Å². The predicted octanol–water partition coefficient (Wildman–Crippen LogP) is 5.53. The summed E-state index contributed by atoms with van der Waals surface area (Å²) in [5.41, 5.74) is 4.12. The van der Waals surface area contributed by atoms with Crippen LogP contribution in [0.15, 0.2) is 94.7 Å². The first-order valence-corrected chi connectivity index (χ1v) is 16.3. The second-order valence-electron chi connectivity index (χ2n) is 9.91. The third-order valence-electron chi connectivity index (χ3n) is 6.60. The predicted molar refractivity (Wildman–Crippen MR) is 163 cm³/mol. The van der Waals surface area contributed by atoms with Gasteiger partial charge in [-0.25, -0.2) is 16.8 Å². The van der Waals surface area contributed by atoms with Crippen molar-refractivity contribution in [3.05, 3.63) is 107 Å². The number of sulfonamides is 2. The van der Waals surface area contributed by atoms with Gasteiger partial charge in [0.15, 0.2) is 6.61 Å². The average molecular weight is 626 g/mol. The van der Waals surface area contributed by atoms with Gasteiger partial charge in [-0.15, -0.1) is 0 Å². The number of aryl methyl sites for hydroxylation is 2. The van der Waals surface area contributed by atoms with Crippen LogP contribution in [0.1, 0.15) is 16.7 Å². The van der Waals surface area contributed by atoms with Crippen molar-refractivity contribution in [2.45, 2.75) is 30.1 Å². The summed E-state index contributed by atoms with van der Waals surface area (Å²) in [6, 6.07) is 22.3. The standard InChI is InChI=1S/C30H28ClN3O6S2/c1-20-15-21(2)17-25(16-20)33-41(36,37)27-11-7-26(8-12-27)40-19-30(35)32-24-6-3-22-13-14-34(29(22)18-24)42(38,39)28-9-4-23(31)5-10-28/h3-12,15-18,33H,13-14,19H2,1-2H3,(H,32,35). The summed E-state index contributed by atoms with van der Waals surface area (Å²) in [7, 11) is -7.62. The van der Waals surface area contributed by atoms with Crippen molar-refractivity contribution in [1.29, 1.82) is 0 Å². The molecule has 1 heterocycles. The molecule has 1 amide bonds. The molecular formula is C30H28ClN3O6S2. The third kappa shape index (κ3) is 6.53. The lowest BCUT2D eigenvalue weighted by Gasteiger charge is -2.20. The Hall–Kier alpha value is -4.06. The summed E-state index contributed by atoms with van der Waals surface area (Å²) in [6.07, 6.45) is 0.547. The van der Waals surface area contributed by atoms with Gasteiger partial charge in [0.05, 0.1) is 15.5 Å². The quantitative estimate of drug-likeness (QED) is 0.252. The molecule has 4 aromatic rings. The van der Waals surface area contributed by atoms with Gasteiger partial charge in [-0.3, -0.25) is 13.8 Å². The molecule has 0 bridgehead atoms. The molecule has 0 radical (unpaired) electrons. The van der Waals surface area contributed by atoms with Gasteiger partial charge in [0.25, 0.3) is 26.0 Å². The van der Waals surface area contributed by atoms with Crippen LogP contribution < -0.4 is 19.1 Å². The Balaban J connectivity index is 1.21. The second kappa shape index (κ2) is 11.7. The molecule has 0 aliphatic carbocycles. The first kappa shape index (κ1) is 29.4. The number of rotatable bonds is 9. The molecule has 0 atom stereocenters. The zero-order chi connectivity index (χ0) is 30.1. The highest BCUT2D eigenvalue weighted by atomic mass is 35.5. The number of carbonyl (C=O) groups excluding carboxylic acids is 1. The largest absolute Gasteiger partial charge is 0.484 e. The van der Waals surface area contributed by atoms with Crippen molar-refractivity contribution in [2.75, 3.05) is 27.5 Å². The van der Waals surface area contributed by atoms with Crippen LogP contribution in [0.5, 0.6) is 5.75 Å². The Morgan fingerprint density at radius 1 is 0.833 bits per heavy atom. The number of anilines is 3. The molecule has 12 heteroatoms. The zero-order valence-electron chi connectivity index (χ0n) is 22.8. The highest BCUT2D eigenvalue weighted by Crippen LogP contribution is 2.35. The molecule has 42 heavy (non-hydrogen) atoms. The van der Waals surface area contributed by atoms with Crippen molar-refractivity contribution in [3.8, 4) is 5.75 Å². The number of fused-ring (bicyclic) bond motifs is 1. The number of nitrogens with zero attached hydrogens (tertiary/aromatic N) is 1. The van der Waals surface area contributed by atoms with E-state index in [1.807, 2.05) is 19.9 Å². The summed E-state index contributed by atoms with van der Waals surface area (Å²) >= 11 is 5.91. The first-order chi connectivity index (χ1) is 19.9. The van der Waals surface area contributed by atoms with E-state index in [0.29, 0.717) is 34.3 Å². The number of benzene rings is 4. The molecule has 9 nitrogen and oxygen atoms in total. The van der Waals surface area contributed by atoms with Crippen LogP contribution >= 0.6 is 11.6 Å². The maximum atomic E-state index is 13.2. The minimum absolute atomic E-state index is 0.0507. The molecule has 218 valence electrons. The van der Waals surface area contributed by atoms with E-state index >= 15 is 0 Å². The van der Waals surface area contributed by atoms with Crippen LogP contribution in [0.2, 0.25) is 5.02 Å². The lowest BCUT2D eigenvalue weighted by molar-refractivity contribution is -0.118. The van der Waals surface area contributed by atoms with Gasteiger partial charge >= 0.3 is 0 Å². The van der Waals surface area contributed by atoms with Crippen molar-refractivity contribution in [2.24, 2.45) is 0 Å². The monoisotopic (exact) mass is 625 g/mol. The van der Waals surface area contributed by atoms with Crippen LogP contribution in [0.4, 0.5) is 17.1 Å². The lowest BCUT2D eigenvalue weighted by atomic mass is 10.1. The maximum Gasteiger partial charge on any atom is 0.264 e. The Morgan fingerprint density at radius 2 is 1.48 bits per heavy atom. The van der Waals surface area contributed by atoms with E-state index < -0.39 is 26.0 Å². The molecule has 0 saturated heterocycles. The molecular weight excluding hydrogens is 598 g/mol. The number of nitrogens with one attached hydrogen (secondary N) is 2. The molecule has 0 unspecified atom stereocenters. The Kier molecular flexibility index (Phi) is 8.18. The molecule has 0 fully saturated rings. The van der Waals surface area contributed by atoms with Gasteiger partial charge in [0, 0.05) is 22.9 Å². The van der Waals surface area contributed by atoms with E-state index in [9.17, 15) is 21.6 Å². The number of hydrogen-bond donors (Lipinski definition) is 2. The van der Waals surface area contributed by atoms with Crippen LogP contribution in [0, 0.1) is 13.8 Å². The summed E-state index contributed by atoms with van der Waals surface area (Å²) < 4.78 is 61.5. The van der Waals surface area contributed by atoms with E-state index in [4.69, 9.17) is 16.3 Å². The first-order valence-electron chi connectivity index (χ1n) is 13.0. The summed E-state index contributed by atoms with van der Waals surface area (Å²) in [5.74, 6) is -0.155. The number of ether oxygens (including phenoxy) is 1. The van der Waals surface area contributed by atoms with Gasteiger partial charge in [-0.05, 0) is 110 Å². The van der Waals surface area contributed by atoms with Crippen LogP contribution in [-0.2, 0) is 31.3 Å². The average Bonchev–Trinajstić information content (AvgIpc) is 3.36. The third-order valence-corrected chi connectivity index (χ3v) is 10.1. The van der Waals surface area contributed by atoms with Gasteiger partial charge in [0.1, 0.15) is 5.75 Å². The fourth-order valence-electron chi connectivity index (χ4n) is 4.72. The molecule has 4 aromatic carbocycles. The number of hydrogen-bond acceptors (Lipinski definition) is 6. The molecule has 2 N–H and O–H groups in total. The van der Waals surface area contributed by atoms with Crippen molar-refractivity contribution in [3.63, 3.8) is 0 Å². The minimum Gasteiger partial charge on any atom is -0.484 e. The van der Waals surface area contributed by atoms with Gasteiger partial charge in [0.2, 0.25) is 0 Å². The number of carbonyl (C=O) groups is 1. The lowest BCUT2D eigenvalue weighted by Crippen LogP contribution is -2.29. The van der Waals surface area contributed by atoms with Crippen molar-refractivity contribution < 1.29 is 26.4 Å². The van der Waals surface area contributed by atoms with Gasteiger partial charge in [-0.1, -0.05) is 23.7 Å². The number of amides is 1. The zero-order valence-corrected chi connectivity index (χ0v) is 25.2. The summed E-state index contributed by atoms with van der Waals surface area (Å²) in [4.78, 5) is 12.8. The fourth-order valence-corrected chi connectivity index (χ4v) is 7.38. The van der Waals surface area contributed by atoms with Gasteiger partial charge < -0.3 is 10.1 Å². The SMILES string of the molecule is Cc1cc(C)cc(NS(=O)(=O)c2ccc(OCC(=O)Nc3ccc4c(c3)N(S(=O)(=O)c3ccc(Cl)cc3)CC4)cc2)c1. The van der Waals surface area contributed by atoms with E-state index in [1.54, 1.807) is 30.3 Å². The summed E-state index contributed by atoms with van der Waals surface area (Å²) in [5, 5.41) is 3.16. The van der Waals surface area contributed by atoms with Crippen LogP contribution in [0.25, 0.3) is 0 Å². The minimum atomic E-state index is -3.81. The van der Waals surface area contributed by atoms with Crippen molar-refractivity contribution >= 4 is 54.6 Å². The summed E-state index contributed by atoms with van der Waals surface area (Å²) in [6.45, 7) is 3.72. The molecule has 0 aromatic heterocycles. The van der Waals surface area contributed by atoms with E-state index in [2.05, 4.69) is 10.0 Å². The van der Waals surface area contributed by atoms with Gasteiger partial charge in [-0.2, -0.15) is 0 Å². The van der Waals surface area contributed by atoms with E-state index in [0.717, 1.165) is 16.7 Å². The highest BCUT2D eigenvalue weighted by molar-refractivity contribution is 7.93. The highest BCUT2D eigenvalue weighted by Gasteiger charge is 2.31. The molecule has 1 aliphatic rings.